The van der Waals surface area contributed by atoms with Crippen LogP contribution in [0, 0.1) is 5.82 Å². The van der Waals surface area contributed by atoms with Crippen molar-refractivity contribution in [2.45, 2.75) is 12.8 Å². The second-order valence-electron chi connectivity index (χ2n) is 4.62. The molecule has 1 aliphatic rings. The molecule has 0 bridgehead atoms. The van der Waals surface area contributed by atoms with Crippen molar-refractivity contribution in [3.8, 4) is 11.8 Å². The van der Waals surface area contributed by atoms with E-state index in [1.807, 2.05) is 4.90 Å². The zero-order valence-electron chi connectivity index (χ0n) is 11.1. The molecular weight excluding hydrogens is 297 g/mol. The smallest absolute Gasteiger partial charge is 0.328 e. The fraction of sp³-hybridized carbons (Fsp3) is 0.308. The molecular formula is C13H13ClFN5O. The third kappa shape index (κ3) is 2.97. The van der Waals surface area contributed by atoms with Gasteiger partial charge in [0.25, 0.3) is 0 Å². The molecule has 1 fully saturated rings. The number of hydrogen-bond acceptors (Lipinski definition) is 6. The minimum atomic E-state index is -0.666. The molecule has 8 heteroatoms. The van der Waals surface area contributed by atoms with Gasteiger partial charge < -0.3 is 15.4 Å². The maximum Gasteiger partial charge on any atom is 0.328 e. The Morgan fingerprint density at radius 3 is 2.71 bits per heavy atom. The van der Waals surface area contributed by atoms with Gasteiger partial charge in [0, 0.05) is 13.1 Å². The molecule has 6 nitrogen and oxygen atoms in total. The van der Waals surface area contributed by atoms with Crippen molar-refractivity contribution in [1.29, 1.82) is 0 Å². The summed E-state index contributed by atoms with van der Waals surface area (Å²) in [6.45, 7) is 1.71. The summed E-state index contributed by atoms with van der Waals surface area (Å²) < 4.78 is 19.2. The van der Waals surface area contributed by atoms with E-state index in [9.17, 15) is 4.39 Å². The van der Waals surface area contributed by atoms with Gasteiger partial charge in [0.2, 0.25) is 11.9 Å². The van der Waals surface area contributed by atoms with Crippen LogP contribution in [0.3, 0.4) is 0 Å². The highest BCUT2D eigenvalue weighted by Crippen LogP contribution is 2.28. The standard InChI is InChI=1S/C13H13ClFN5O/c14-8-4-3-5-9(10(8)15)21-13-18-11(16)17-12(19-13)20-6-1-2-7-20/h3-5H,1-2,6-7H2,(H2,16,17,18,19). The van der Waals surface area contributed by atoms with E-state index in [4.69, 9.17) is 22.1 Å². The first kappa shape index (κ1) is 13.8. The number of ether oxygens (including phenoxy) is 1. The molecule has 2 aromatic rings. The summed E-state index contributed by atoms with van der Waals surface area (Å²) >= 11 is 5.71. The summed E-state index contributed by atoms with van der Waals surface area (Å²) in [5.41, 5.74) is 5.66. The van der Waals surface area contributed by atoms with E-state index in [2.05, 4.69) is 15.0 Å². The van der Waals surface area contributed by atoms with Gasteiger partial charge in [-0.15, -0.1) is 0 Å². The number of hydrogen-bond donors (Lipinski definition) is 1. The van der Waals surface area contributed by atoms with Gasteiger partial charge in [0.05, 0.1) is 5.02 Å². The van der Waals surface area contributed by atoms with Gasteiger partial charge in [0.1, 0.15) is 0 Å². The molecule has 1 aliphatic heterocycles. The van der Waals surface area contributed by atoms with Crippen LogP contribution in [-0.4, -0.2) is 28.0 Å². The second kappa shape index (κ2) is 5.69. The lowest BCUT2D eigenvalue weighted by Crippen LogP contribution is -2.21. The van der Waals surface area contributed by atoms with E-state index >= 15 is 0 Å². The molecule has 0 amide bonds. The second-order valence-corrected chi connectivity index (χ2v) is 5.03. The molecule has 1 aromatic carbocycles. The third-order valence-corrected chi connectivity index (χ3v) is 3.42. The molecule has 2 heterocycles. The molecule has 110 valence electrons. The molecule has 0 radical (unpaired) electrons. The molecule has 0 spiro atoms. The Bertz CT molecular complexity index is 663. The van der Waals surface area contributed by atoms with E-state index in [0.717, 1.165) is 25.9 Å². The van der Waals surface area contributed by atoms with E-state index in [1.165, 1.54) is 12.1 Å². The lowest BCUT2D eigenvalue weighted by Gasteiger charge is -2.15. The van der Waals surface area contributed by atoms with Crippen LogP contribution in [0.25, 0.3) is 0 Å². The maximum absolute atomic E-state index is 13.8. The Morgan fingerprint density at radius 2 is 1.95 bits per heavy atom. The molecule has 0 aliphatic carbocycles. The Balaban J connectivity index is 1.89. The molecule has 0 saturated carbocycles. The quantitative estimate of drug-likeness (QED) is 0.939. The lowest BCUT2D eigenvalue weighted by molar-refractivity contribution is 0.410. The topological polar surface area (TPSA) is 77.2 Å². The first-order valence-electron chi connectivity index (χ1n) is 6.52. The van der Waals surface area contributed by atoms with E-state index in [-0.39, 0.29) is 22.7 Å². The monoisotopic (exact) mass is 309 g/mol. The summed E-state index contributed by atoms with van der Waals surface area (Å²) in [7, 11) is 0. The molecule has 3 rings (SSSR count). The van der Waals surface area contributed by atoms with Crippen molar-refractivity contribution < 1.29 is 9.13 Å². The minimum Gasteiger partial charge on any atom is -0.421 e. The number of nitrogens with zero attached hydrogens (tertiary/aromatic N) is 4. The summed E-state index contributed by atoms with van der Waals surface area (Å²) in [6, 6.07) is 4.40. The summed E-state index contributed by atoms with van der Waals surface area (Å²) in [5.74, 6) is -0.247. The fourth-order valence-corrected chi connectivity index (χ4v) is 2.29. The van der Waals surface area contributed by atoms with E-state index < -0.39 is 5.82 Å². The Morgan fingerprint density at radius 1 is 1.19 bits per heavy atom. The van der Waals surface area contributed by atoms with Gasteiger partial charge >= 0.3 is 6.01 Å². The van der Waals surface area contributed by atoms with Gasteiger partial charge in [-0.3, -0.25) is 0 Å². The van der Waals surface area contributed by atoms with Crippen molar-refractivity contribution in [2.24, 2.45) is 0 Å². The van der Waals surface area contributed by atoms with E-state index in [0.29, 0.717) is 5.95 Å². The number of anilines is 2. The minimum absolute atomic E-state index is 0.0318. The van der Waals surface area contributed by atoms with Crippen molar-refractivity contribution in [2.75, 3.05) is 23.7 Å². The van der Waals surface area contributed by atoms with Crippen molar-refractivity contribution in [1.82, 2.24) is 15.0 Å². The first-order chi connectivity index (χ1) is 10.1. The van der Waals surface area contributed by atoms with Crippen LogP contribution < -0.4 is 15.4 Å². The molecule has 1 aromatic heterocycles. The fourth-order valence-electron chi connectivity index (χ4n) is 2.13. The summed E-state index contributed by atoms with van der Waals surface area (Å²) in [5, 5.41) is -0.0331. The zero-order chi connectivity index (χ0) is 14.8. The Kier molecular flexibility index (Phi) is 3.74. The predicted octanol–water partition coefficient (Wildman–Crippen LogP) is 2.64. The highest BCUT2D eigenvalue weighted by Gasteiger charge is 2.18. The van der Waals surface area contributed by atoms with Gasteiger partial charge in [0.15, 0.2) is 11.6 Å². The van der Waals surface area contributed by atoms with Crippen LogP contribution in [0.1, 0.15) is 12.8 Å². The Hall–Kier alpha value is -2.15. The first-order valence-corrected chi connectivity index (χ1v) is 6.89. The maximum atomic E-state index is 13.8. The van der Waals surface area contributed by atoms with E-state index in [1.54, 1.807) is 6.07 Å². The number of rotatable bonds is 3. The molecule has 2 N–H and O–H groups in total. The van der Waals surface area contributed by atoms with Gasteiger partial charge in [-0.1, -0.05) is 17.7 Å². The normalized spacial score (nSPS) is 14.5. The summed E-state index contributed by atoms with van der Waals surface area (Å²) in [4.78, 5) is 14.1. The third-order valence-electron chi connectivity index (χ3n) is 3.13. The van der Waals surface area contributed by atoms with Gasteiger partial charge in [-0.05, 0) is 25.0 Å². The molecule has 21 heavy (non-hydrogen) atoms. The highest BCUT2D eigenvalue weighted by molar-refractivity contribution is 6.30. The highest BCUT2D eigenvalue weighted by atomic mass is 35.5. The molecule has 0 atom stereocenters. The van der Waals surface area contributed by atoms with Crippen molar-refractivity contribution in [3.63, 3.8) is 0 Å². The van der Waals surface area contributed by atoms with Crippen LogP contribution in [0.5, 0.6) is 11.8 Å². The van der Waals surface area contributed by atoms with Crippen LogP contribution in [0.2, 0.25) is 5.02 Å². The number of nitrogens with two attached hydrogens (primary N) is 1. The van der Waals surface area contributed by atoms with Crippen molar-refractivity contribution in [3.05, 3.63) is 29.0 Å². The average molecular weight is 310 g/mol. The lowest BCUT2D eigenvalue weighted by atomic mass is 10.3. The largest absolute Gasteiger partial charge is 0.421 e. The number of halogens is 2. The van der Waals surface area contributed by atoms with Crippen LogP contribution in [-0.2, 0) is 0 Å². The SMILES string of the molecule is Nc1nc(Oc2cccc(Cl)c2F)nc(N2CCCC2)n1. The number of benzene rings is 1. The Labute approximate surface area is 125 Å². The summed E-state index contributed by atoms with van der Waals surface area (Å²) in [6.07, 6.45) is 2.15. The van der Waals surface area contributed by atoms with Crippen LogP contribution in [0.15, 0.2) is 18.2 Å². The molecule has 1 saturated heterocycles. The van der Waals surface area contributed by atoms with Crippen LogP contribution in [0.4, 0.5) is 16.3 Å². The average Bonchev–Trinajstić information content (AvgIpc) is 2.97. The van der Waals surface area contributed by atoms with Crippen LogP contribution >= 0.6 is 11.6 Å². The molecule has 0 unspecified atom stereocenters. The van der Waals surface area contributed by atoms with Crippen molar-refractivity contribution >= 4 is 23.5 Å². The zero-order valence-corrected chi connectivity index (χ0v) is 11.8. The van der Waals surface area contributed by atoms with Gasteiger partial charge in [-0.25, -0.2) is 4.39 Å². The van der Waals surface area contributed by atoms with Gasteiger partial charge in [-0.2, -0.15) is 15.0 Å². The number of nitrogen functional groups attached to an aromatic ring is 1. The predicted molar refractivity (Wildman–Crippen MR) is 77.2 cm³/mol. The number of aromatic nitrogens is 3.